The Kier molecular flexibility index (Phi) is 4.67. The van der Waals surface area contributed by atoms with Crippen molar-refractivity contribution in [3.8, 4) is 51.0 Å². The topological polar surface area (TPSA) is 56.7 Å². The number of benzene rings is 7. The van der Waals surface area contributed by atoms with E-state index in [1.807, 2.05) is 97.1 Å². The summed E-state index contributed by atoms with van der Waals surface area (Å²) in [5.74, 6) is 0.578. The monoisotopic (exact) mass is 649 g/mol. The summed E-state index contributed by atoms with van der Waals surface area (Å²) in [7, 11) is 0. The summed E-state index contributed by atoms with van der Waals surface area (Å²) in [6.45, 7) is 0. The van der Waals surface area contributed by atoms with Gasteiger partial charge in [0.15, 0.2) is 11.6 Å². The molecule has 0 aliphatic rings. The van der Waals surface area contributed by atoms with Crippen LogP contribution >= 0.6 is 0 Å². The zero-order valence-electron chi connectivity index (χ0n) is 35.2. The Morgan fingerprint density at radius 1 is 0.460 bits per heavy atom. The molecule has 0 spiro atoms. The van der Waals surface area contributed by atoms with Crippen LogP contribution in [0.2, 0.25) is 0 Å². The van der Waals surface area contributed by atoms with E-state index < -0.39 is 42.3 Å². The van der Waals surface area contributed by atoms with Gasteiger partial charge in [0.1, 0.15) is 11.2 Å². The van der Waals surface area contributed by atoms with E-state index in [0.29, 0.717) is 22.2 Å². The fraction of sp³-hybridized carbons (Fsp3) is 0. The molecule has 0 saturated carbocycles. The molecule has 50 heavy (non-hydrogen) atoms. The van der Waals surface area contributed by atoms with Crippen molar-refractivity contribution >= 4 is 43.7 Å². The number of furan rings is 1. The highest BCUT2D eigenvalue weighted by Gasteiger charge is 2.20. The highest BCUT2D eigenvalue weighted by molar-refractivity contribution is 6.15. The van der Waals surface area contributed by atoms with Gasteiger partial charge in [-0.05, 0) is 52.6 Å². The van der Waals surface area contributed by atoms with Gasteiger partial charge in [0.05, 0.1) is 23.4 Å². The fourth-order valence-corrected chi connectivity index (χ4v) is 6.60. The minimum Gasteiger partial charge on any atom is -0.456 e. The van der Waals surface area contributed by atoms with Crippen molar-refractivity contribution in [2.24, 2.45) is 0 Å². The molecular weight excluding hydrogens is 613 g/mol. The first-order valence-electron chi connectivity index (χ1n) is 20.5. The number of nitrogens with zero attached hydrogens (tertiary/aromatic N) is 4. The molecular formula is C45H28N4O. The zero-order valence-corrected chi connectivity index (χ0v) is 26.2. The molecule has 7 aromatic carbocycles. The van der Waals surface area contributed by atoms with E-state index in [2.05, 4.69) is 0 Å². The second kappa shape index (κ2) is 11.4. The second-order valence-electron chi connectivity index (χ2n) is 11.8. The van der Waals surface area contributed by atoms with Crippen molar-refractivity contribution in [2.45, 2.75) is 0 Å². The summed E-state index contributed by atoms with van der Waals surface area (Å²) < 4.78 is 86.3. The highest BCUT2D eigenvalue weighted by atomic mass is 16.3. The number of aromatic nitrogens is 4. The van der Waals surface area contributed by atoms with Crippen molar-refractivity contribution in [1.29, 1.82) is 0 Å². The Morgan fingerprint density at radius 2 is 1.14 bits per heavy atom. The summed E-state index contributed by atoms with van der Waals surface area (Å²) in [5.41, 5.74) is 5.07. The van der Waals surface area contributed by atoms with Gasteiger partial charge in [-0.25, -0.2) is 4.98 Å². The molecule has 3 aromatic heterocycles. The van der Waals surface area contributed by atoms with Gasteiger partial charge in [0, 0.05) is 32.7 Å². The van der Waals surface area contributed by atoms with E-state index in [4.69, 9.17) is 29.0 Å². The van der Waals surface area contributed by atoms with E-state index in [1.165, 1.54) is 4.57 Å². The van der Waals surface area contributed by atoms with E-state index in [0.717, 1.165) is 27.5 Å². The molecule has 0 aliphatic carbocycles. The van der Waals surface area contributed by atoms with Gasteiger partial charge in [-0.2, -0.15) is 9.97 Å². The van der Waals surface area contributed by atoms with Crippen molar-refractivity contribution < 1.29 is 16.8 Å². The fourth-order valence-electron chi connectivity index (χ4n) is 6.60. The van der Waals surface area contributed by atoms with Crippen LogP contribution in [0.4, 0.5) is 0 Å². The van der Waals surface area contributed by atoms with Crippen LogP contribution < -0.4 is 0 Å². The van der Waals surface area contributed by atoms with Crippen LogP contribution in [-0.4, -0.2) is 19.5 Å². The lowest BCUT2D eigenvalue weighted by Gasteiger charge is -2.11. The zero-order chi connectivity index (χ0) is 40.9. The molecule has 0 radical (unpaired) electrons. The molecule has 0 aliphatic heterocycles. The first-order valence-corrected chi connectivity index (χ1v) is 16.0. The molecule has 3 heterocycles. The largest absolute Gasteiger partial charge is 0.456 e. The summed E-state index contributed by atoms with van der Waals surface area (Å²) in [5, 5.41) is 2.19. The Balaban J connectivity index is 1.29. The number of rotatable bonds is 5. The molecule has 0 fully saturated rings. The highest BCUT2D eigenvalue weighted by Crippen LogP contribution is 2.39. The number of hydrogen-bond acceptors (Lipinski definition) is 4. The van der Waals surface area contributed by atoms with Gasteiger partial charge in [-0.1, -0.05) is 139 Å². The SMILES string of the molecule is [2H]c1c([2H])c([2H])c(-c2cccc3c2c2c([2H])c([2H])c([2H])c([2H])c2n3-c2nc(-c3ccc(-c4ccccc4)cc3)nc(-c3ccc4c(c3)oc3ccccc34)n2)c([2H])c1[2H]. The van der Waals surface area contributed by atoms with Crippen molar-refractivity contribution in [3.63, 3.8) is 0 Å². The third-order valence-corrected chi connectivity index (χ3v) is 8.90. The Morgan fingerprint density at radius 3 is 2.00 bits per heavy atom. The Bertz CT molecular complexity index is 3350. The first-order chi connectivity index (χ1) is 28.5. The lowest BCUT2D eigenvalue weighted by Crippen LogP contribution is -2.06. The van der Waals surface area contributed by atoms with Gasteiger partial charge in [0.2, 0.25) is 5.95 Å². The quantitative estimate of drug-likeness (QED) is 0.186. The summed E-state index contributed by atoms with van der Waals surface area (Å²) in [4.78, 5) is 14.9. The van der Waals surface area contributed by atoms with E-state index >= 15 is 0 Å². The van der Waals surface area contributed by atoms with Gasteiger partial charge >= 0.3 is 0 Å². The maximum Gasteiger partial charge on any atom is 0.238 e. The van der Waals surface area contributed by atoms with Crippen LogP contribution in [0.1, 0.15) is 12.3 Å². The molecule has 0 amide bonds. The summed E-state index contributed by atoms with van der Waals surface area (Å²) >= 11 is 0. The van der Waals surface area contributed by atoms with Crippen LogP contribution in [0.3, 0.4) is 0 Å². The predicted molar refractivity (Wildman–Crippen MR) is 203 cm³/mol. The molecule has 0 bridgehead atoms. The standard InChI is InChI=1S/C45H28N4O/c1-3-12-29(13-4-1)30-22-24-32(25-23-30)43-46-44(33-26-27-36-35-16-8-10-21-40(35)50-41(36)28-33)48-45(47-43)49-38-19-9-7-17-37(38)42-34(18-11-20-39(42)49)31-14-5-2-6-15-31/h1-28H/i2D,5D,6D,7D,9D,14D,15D,17D,19D. The third-order valence-electron chi connectivity index (χ3n) is 8.90. The first kappa shape index (κ1) is 20.5. The minimum absolute atomic E-state index is 0.0325. The molecule has 5 nitrogen and oxygen atoms in total. The smallest absolute Gasteiger partial charge is 0.238 e. The molecule has 10 aromatic rings. The van der Waals surface area contributed by atoms with Gasteiger partial charge in [-0.3, -0.25) is 4.57 Å². The Hall–Kier alpha value is -6.85. The van der Waals surface area contributed by atoms with Gasteiger partial charge < -0.3 is 4.42 Å². The average molecular weight is 650 g/mol. The van der Waals surface area contributed by atoms with Crippen molar-refractivity contribution in [3.05, 3.63) is 170 Å². The number of fused-ring (bicyclic) bond motifs is 6. The van der Waals surface area contributed by atoms with Crippen LogP contribution in [0.5, 0.6) is 0 Å². The second-order valence-corrected chi connectivity index (χ2v) is 11.8. The van der Waals surface area contributed by atoms with Crippen LogP contribution in [0.25, 0.3) is 94.7 Å². The normalized spacial score (nSPS) is 14.1. The van der Waals surface area contributed by atoms with E-state index in [1.54, 1.807) is 18.2 Å². The minimum atomic E-state index is -0.553. The van der Waals surface area contributed by atoms with E-state index in [9.17, 15) is 2.74 Å². The average Bonchev–Trinajstić information content (AvgIpc) is 3.83. The van der Waals surface area contributed by atoms with Crippen LogP contribution in [0, 0.1) is 0 Å². The summed E-state index contributed by atoms with van der Waals surface area (Å²) in [6, 6.07) is 31.8. The van der Waals surface area contributed by atoms with Gasteiger partial charge in [0.25, 0.3) is 0 Å². The number of hydrogen-bond donors (Lipinski definition) is 0. The lowest BCUT2D eigenvalue weighted by atomic mass is 9.99. The molecule has 234 valence electrons. The maximum absolute atomic E-state index is 9.23. The number of para-hydroxylation sites is 2. The molecule has 0 N–H and O–H groups in total. The van der Waals surface area contributed by atoms with E-state index in [-0.39, 0.29) is 57.1 Å². The van der Waals surface area contributed by atoms with Crippen molar-refractivity contribution in [1.82, 2.24) is 19.5 Å². The van der Waals surface area contributed by atoms with Crippen LogP contribution in [-0.2, 0) is 0 Å². The predicted octanol–water partition coefficient (Wildman–Crippen LogP) is 11.5. The van der Waals surface area contributed by atoms with Crippen molar-refractivity contribution in [2.75, 3.05) is 0 Å². The molecule has 0 saturated heterocycles. The lowest BCUT2D eigenvalue weighted by molar-refractivity contribution is 0.669. The molecule has 0 atom stereocenters. The van der Waals surface area contributed by atoms with Gasteiger partial charge in [-0.15, -0.1) is 0 Å². The molecule has 10 rings (SSSR count). The Labute approximate surface area is 300 Å². The summed E-state index contributed by atoms with van der Waals surface area (Å²) in [6.07, 6.45) is 0. The van der Waals surface area contributed by atoms with Crippen LogP contribution in [0.15, 0.2) is 174 Å². The third kappa shape index (κ3) is 4.60. The molecule has 5 heteroatoms. The molecule has 0 unspecified atom stereocenters. The maximum atomic E-state index is 9.23.